The molecule has 96 valence electrons. The van der Waals surface area contributed by atoms with Crippen molar-refractivity contribution in [3.05, 3.63) is 0 Å². The van der Waals surface area contributed by atoms with Gasteiger partial charge in [0, 0.05) is 32.7 Å². The Labute approximate surface area is 99.1 Å². The summed E-state index contributed by atoms with van der Waals surface area (Å²) in [5.41, 5.74) is 0. The van der Waals surface area contributed by atoms with Gasteiger partial charge in [-0.3, -0.25) is 4.79 Å². The van der Waals surface area contributed by atoms with Crippen molar-refractivity contribution < 1.29 is 9.53 Å². The number of nitrogens with one attached hydrogen (secondary N) is 2. The number of methoxy groups -OCH3 is 1. The smallest absolute Gasteiger partial charge is 0.221 e. The molecule has 0 radical (unpaired) electrons. The van der Waals surface area contributed by atoms with Gasteiger partial charge in [0.15, 0.2) is 0 Å². The highest BCUT2D eigenvalue weighted by atomic mass is 16.5. The zero-order valence-corrected chi connectivity index (χ0v) is 11.0. The first kappa shape index (κ1) is 15.4. The Morgan fingerprint density at radius 3 is 2.50 bits per heavy atom. The van der Waals surface area contributed by atoms with E-state index in [-0.39, 0.29) is 5.91 Å². The summed E-state index contributed by atoms with van der Waals surface area (Å²) >= 11 is 0. The molecule has 0 rings (SSSR count). The van der Waals surface area contributed by atoms with Crippen LogP contribution < -0.4 is 10.6 Å². The summed E-state index contributed by atoms with van der Waals surface area (Å²) in [5, 5.41) is 6.20. The second kappa shape index (κ2) is 9.60. The Morgan fingerprint density at radius 2 is 2.00 bits per heavy atom. The predicted octanol–water partition coefficient (Wildman–Crippen LogP) is 1.16. The molecule has 0 saturated heterocycles. The number of carbonyl (C=O) groups excluding carboxylic acids is 1. The van der Waals surface area contributed by atoms with Gasteiger partial charge >= 0.3 is 0 Å². The largest absolute Gasteiger partial charge is 0.383 e. The lowest BCUT2D eigenvalue weighted by atomic mass is 10.0. The first-order chi connectivity index (χ1) is 7.61. The molecule has 0 heterocycles. The minimum absolute atomic E-state index is 0.0863. The standard InChI is InChI=1S/C12H26N2O2/c1-5-11(10(2)3)13-7-6-12(15)14-8-9-16-4/h10-11,13H,5-9H2,1-4H3,(H,14,15). The topological polar surface area (TPSA) is 50.4 Å². The Bertz CT molecular complexity index is 184. The van der Waals surface area contributed by atoms with Crippen LogP contribution in [0.5, 0.6) is 0 Å². The van der Waals surface area contributed by atoms with Gasteiger partial charge in [0.25, 0.3) is 0 Å². The lowest BCUT2D eigenvalue weighted by Gasteiger charge is -2.20. The molecule has 1 atom stereocenters. The van der Waals surface area contributed by atoms with E-state index < -0.39 is 0 Å². The van der Waals surface area contributed by atoms with Crippen molar-refractivity contribution in [2.75, 3.05) is 26.8 Å². The highest BCUT2D eigenvalue weighted by Gasteiger charge is 2.10. The average Bonchev–Trinajstić information content (AvgIpc) is 2.24. The first-order valence-electron chi connectivity index (χ1n) is 6.10. The zero-order chi connectivity index (χ0) is 12.4. The number of carbonyl (C=O) groups is 1. The van der Waals surface area contributed by atoms with Crippen LogP contribution in [0.25, 0.3) is 0 Å². The molecule has 0 saturated carbocycles. The number of hydrogen-bond acceptors (Lipinski definition) is 3. The van der Waals surface area contributed by atoms with Crippen molar-refractivity contribution in [3.63, 3.8) is 0 Å². The fraction of sp³-hybridized carbons (Fsp3) is 0.917. The summed E-state index contributed by atoms with van der Waals surface area (Å²) in [6, 6.07) is 0.506. The van der Waals surface area contributed by atoms with E-state index in [0.29, 0.717) is 31.5 Å². The number of rotatable bonds is 9. The molecule has 4 nitrogen and oxygen atoms in total. The second-order valence-corrected chi connectivity index (χ2v) is 4.31. The van der Waals surface area contributed by atoms with Crippen molar-refractivity contribution >= 4 is 5.91 Å². The monoisotopic (exact) mass is 230 g/mol. The normalized spacial score (nSPS) is 12.8. The zero-order valence-electron chi connectivity index (χ0n) is 11.0. The summed E-state index contributed by atoms with van der Waals surface area (Å²) in [7, 11) is 1.63. The van der Waals surface area contributed by atoms with Crippen LogP contribution in [0.2, 0.25) is 0 Å². The summed E-state index contributed by atoms with van der Waals surface area (Å²) in [4.78, 5) is 11.4. The highest BCUT2D eigenvalue weighted by molar-refractivity contribution is 5.76. The van der Waals surface area contributed by atoms with E-state index in [9.17, 15) is 4.79 Å². The lowest BCUT2D eigenvalue weighted by molar-refractivity contribution is -0.121. The van der Waals surface area contributed by atoms with Crippen LogP contribution in [0, 0.1) is 5.92 Å². The molecular weight excluding hydrogens is 204 g/mol. The van der Waals surface area contributed by atoms with E-state index in [4.69, 9.17) is 4.74 Å². The molecule has 0 aliphatic rings. The van der Waals surface area contributed by atoms with Gasteiger partial charge < -0.3 is 15.4 Å². The maximum Gasteiger partial charge on any atom is 0.221 e. The van der Waals surface area contributed by atoms with Crippen LogP contribution in [0.3, 0.4) is 0 Å². The van der Waals surface area contributed by atoms with Crippen molar-refractivity contribution in [2.24, 2.45) is 5.92 Å². The van der Waals surface area contributed by atoms with Gasteiger partial charge in [-0.15, -0.1) is 0 Å². The summed E-state index contributed by atoms with van der Waals surface area (Å²) in [6.07, 6.45) is 1.63. The molecule has 0 bridgehead atoms. The SMILES string of the molecule is CCC(NCCC(=O)NCCOC)C(C)C. The minimum Gasteiger partial charge on any atom is -0.383 e. The Morgan fingerprint density at radius 1 is 1.31 bits per heavy atom. The van der Waals surface area contributed by atoms with Gasteiger partial charge in [0.1, 0.15) is 0 Å². The third-order valence-corrected chi connectivity index (χ3v) is 2.63. The number of hydrogen-bond donors (Lipinski definition) is 2. The van der Waals surface area contributed by atoms with Crippen LogP contribution in [0.4, 0.5) is 0 Å². The van der Waals surface area contributed by atoms with Gasteiger partial charge in [0.2, 0.25) is 5.91 Å². The van der Waals surface area contributed by atoms with Gasteiger partial charge in [-0.05, 0) is 12.3 Å². The summed E-state index contributed by atoms with van der Waals surface area (Å²) in [5.74, 6) is 0.699. The number of amides is 1. The van der Waals surface area contributed by atoms with Gasteiger partial charge in [0.05, 0.1) is 6.61 Å². The molecule has 0 aliphatic heterocycles. The van der Waals surface area contributed by atoms with Crippen molar-refractivity contribution in [2.45, 2.75) is 39.7 Å². The van der Waals surface area contributed by atoms with E-state index in [0.717, 1.165) is 13.0 Å². The molecular formula is C12H26N2O2. The van der Waals surface area contributed by atoms with E-state index in [1.807, 2.05) is 0 Å². The van der Waals surface area contributed by atoms with Crippen LogP contribution in [-0.4, -0.2) is 38.8 Å². The van der Waals surface area contributed by atoms with E-state index >= 15 is 0 Å². The molecule has 2 N–H and O–H groups in total. The van der Waals surface area contributed by atoms with Crippen molar-refractivity contribution in [1.29, 1.82) is 0 Å². The fourth-order valence-electron chi connectivity index (χ4n) is 1.60. The third-order valence-electron chi connectivity index (χ3n) is 2.63. The predicted molar refractivity (Wildman–Crippen MR) is 66.4 cm³/mol. The quantitative estimate of drug-likeness (QED) is 0.584. The summed E-state index contributed by atoms with van der Waals surface area (Å²) < 4.78 is 4.85. The lowest BCUT2D eigenvalue weighted by Crippen LogP contribution is -2.36. The van der Waals surface area contributed by atoms with Crippen LogP contribution >= 0.6 is 0 Å². The van der Waals surface area contributed by atoms with Gasteiger partial charge in [-0.25, -0.2) is 0 Å². The average molecular weight is 230 g/mol. The van der Waals surface area contributed by atoms with E-state index in [1.54, 1.807) is 7.11 Å². The van der Waals surface area contributed by atoms with Crippen LogP contribution in [-0.2, 0) is 9.53 Å². The molecule has 0 aliphatic carbocycles. The molecule has 4 heteroatoms. The first-order valence-corrected chi connectivity index (χ1v) is 6.10. The number of ether oxygens (including phenoxy) is 1. The van der Waals surface area contributed by atoms with Crippen LogP contribution in [0.15, 0.2) is 0 Å². The molecule has 1 amide bonds. The molecule has 0 aromatic rings. The molecule has 0 fully saturated rings. The van der Waals surface area contributed by atoms with Crippen LogP contribution in [0.1, 0.15) is 33.6 Å². The highest BCUT2D eigenvalue weighted by Crippen LogP contribution is 2.04. The molecule has 0 spiro atoms. The Balaban J connectivity index is 3.52. The van der Waals surface area contributed by atoms with Gasteiger partial charge in [-0.1, -0.05) is 20.8 Å². The Kier molecular flexibility index (Phi) is 9.24. The maximum atomic E-state index is 11.4. The van der Waals surface area contributed by atoms with E-state index in [2.05, 4.69) is 31.4 Å². The second-order valence-electron chi connectivity index (χ2n) is 4.31. The van der Waals surface area contributed by atoms with Gasteiger partial charge in [-0.2, -0.15) is 0 Å². The van der Waals surface area contributed by atoms with E-state index in [1.165, 1.54) is 0 Å². The maximum absolute atomic E-state index is 11.4. The molecule has 16 heavy (non-hydrogen) atoms. The molecule has 0 aromatic carbocycles. The van der Waals surface area contributed by atoms with Crippen molar-refractivity contribution in [1.82, 2.24) is 10.6 Å². The third kappa shape index (κ3) is 7.65. The summed E-state index contributed by atoms with van der Waals surface area (Å²) in [6.45, 7) is 8.46. The molecule has 1 unspecified atom stereocenters. The Hall–Kier alpha value is -0.610. The minimum atomic E-state index is 0.0863. The fourth-order valence-corrected chi connectivity index (χ4v) is 1.60. The van der Waals surface area contributed by atoms with Crippen molar-refractivity contribution in [3.8, 4) is 0 Å². The molecule has 0 aromatic heterocycles.